The molecule has 0 bridgehead atoms. The van der Waals surface area contributed by atoms with Crippen LogP contribution in [0.15, 0.2) is 29.4 Å². The molecule has 1 aromatic carbocycles. The quantitative estimate of drug-likeness (QED) is 0.326. The fourth-order valence-electron chi connectivity index (χ4n) is 1.78. The number of amidine groups is 1. The minimum absolute atomic E-state index is 0.0577. The second kappa shape index (κ2) is 8.08. The van der Waals surface area contributed by atoms with Gasteiger partial charge in [0.1, 0.15) is 11.7 Å². The van der Waals surface area contributed by atoms with Crippen molar-refractivity contribution in [3.05, 3.63) is 30.1 Å². The van der Waals surface area contributed by atoms with Gasteiger partial charge in [0.25, 0.3) is 0 Å². The van der Waals surface area contributed by atoms with E-state index >= 15 is 0 Å². The molecule has 0 atom stereocenters. The van der Waals surface area contributed by atoms with Gasteiger partial charge in [-0.15, -0.1) is 0 Å². The van der Waals surface area contributed by atoms with Crippen LogP contribution in [0.1, 0.15) is 20.3 Å². The van der Waals surface area contributed by atoms with Crippen LogP contribution < -0.4 is 11.1 Å². The van der Waals surface area contributed by atoms with Crippen molar-refractivity contribution in [2.24, 2.45) is 16.8 Å². The van der Waals surface area contributed by atoms with Gasteiger partial charge in [-0.3, -0.25) is 0 Å². The summed E-state index contributed by atoms with van der Waals surface area (Å²) in [6.45, 7) is 4.78. The molecule has 0 aliphatic carbocycles. The van der Waals surface area contributed by atoms with E-state index in [1.807, 2.05) is 13.8 Å². The zero-order valence-corrected chi connectivity index (χ0v) is 12.2. The second-order valence-corrected chi connectivity index (χ2v) is 5.12. The third-order valence-electron chi connectivity index (χ3n) is 2.71. The second-order valence-electron chi connectivity index (χ2n) is 5.12. The number of nitrogens with zero attached hydrogens (tertiary/aromatic N) is 2. The van der Waals surface area contributed by atoms with Gasteiger partial charge >= 0.3 is 6.03 Å². The average Bonchev–Trinajstić information content (AvgIpc) is 2.42. The van der Waals surface area contributed by atoms with Crippen LogP contribution in [0.4, 0.5) is 14.9 Å². The Morgan fingerprint density at radius 3 is 2.81 bits per heavy atom. The molecule has 0 saturated carbocycles. The van der Waals surface area contributed by atoms with Gasteiger partial charge in [-0.2, -0.15) is 0 Å². The molecule has 4 N–H and O–H groups in total. The minimum atomic E-state index is -0.417. The molecule has 116 valence electrons. The van der Waals surface area contributed by atoms with Gasteiger partial charge in [0.05, 0.1) is 0 Å². The van der Waals surface area contributed by atoms with Crippen LogP contribution >= 0.6 is 0 Å². The van der Waals surface area contributed by atoms with Crippen molar-refractivity contribution in [1.82, 2.24) is 4.90 Å². The first-order valence-corrected chi connectivity index (χ1v) is 6.70. The van der Waals surface area contributed by atoms with Crippen molar-refractivity contribution >= 4 is 17.6 Å². The standard InChI is InChI=1S/C14H21FN4O2/c1-10(2)9-19(7-6-13(16)18-21)14(20)17-12-5-3-4-11(15)8-12/h3-5,8,10,21H,6-7,9H2,1-2H3,(H2,16,18)(H,17,20). The third-order valence-corrected chi connectivity index (χ3v) is 2.71. The third kappa shape index (κ3) is 6.11. The van der Waals surface area contributed by atoms with E-state index in [2.05, 4.69) is 10.5 Å². The first-order valence-electron chi connectivity index (χ1n) is 6.70. The van der Waals surface area contributed by atoms with Crippen LogP contribution in [0.5, 0.6) is 0 Å². The number of amides is 2. The predicted molar refractivity (Wildman–Crippen MR) is 79.9 cm³/mol. The Morgan fingerprint density at radius 1 is 1.52 bits per heavy atom. The molecule has 0 heterocycles. The van der Waals surface area contributed by atoms with E-state index in [9.17, 15) is 9.18 Å². The first kappa shape index (κ1) is 16.7. The maximum absolute atomic E-state index is 13.1. The zero-order valence-electron chi connectivity index (χ0n) is 12.2. The maximum atomic E-state index is 13.1. The van der Waals surface area contributed by atoms with Gasteiger partial charge in [0, 0.05) is 25.2 Å². The van der Waals surface area contributed by atoms with Crippen molar-refractivity contribution in [2.45, 2.75) is 20.3 Å². The first-order chi connectivity index (χ1) is 9.92. The number of urea groups is 1. The molecule has 0 aliphatic heterocycles. The lowest BCUT2D eigenvalue weighted by Crippen LogP contribution is -2.39. The monoisotopic (exact) mass is 296 g/mol. The number of carbonyl (C=O) groups excluding carboxylic acids is 1. The molecular formula is C14H21FN4O2. The van der Waals surface area contributed by atoms with E-state index in [-0.39, 0.29) is 24.2 Å². The fraction of sp³-hybridized carbons (Fsp3) is 0.429. The van der Waals surface area contributed by atoms with Gasteiger partial charge in [0.15, 0.2) is 0 Å². The van der Waals surface area contributed by atoms with Gasteiger partial charge in [0.2, 0.25) is 0 Å². The molecule has 2 amide bonds. The number of halogens is 1. The maximum Gasteiger partial charge on any atom is 0.321 e. The van der Waals surface area contributed by atoms with E-state index in [4.69, 9.17) is 10.9 Å². The molecule has 1 rings (SSSR count). The number of nitrogens with one attached hydrogen (secondary N) is 1. The summed E-state index contributed by atoms with van der Waals surface area (Å²) in [5.74, 6) is -0.0993. The van der Waals surface area contributed by atoms with Crippen LogP contribution in [-0.2, 0) is 0 Å². The number of hydrogen-bond donors (Lipinski definition) is 3. The molecule has 1 aromatic rings. The predicted octanol–water partition coefficient (Wildman–Crippen LogP) is 2.45. The smallest absolute Gasteiger partial charge is 0.321 e. The van der Waals surface area contributed by atoms with E-state index in [1.165, 1.54) is 18.2 Å². The van der Waals surface area contributed by atoms with E-state index in [0.29, 0.717) is 18.8 Å². The van der Waals surface area contributed by atoms with E-state index in [1.54, 1.807) is 11.0 Å². The Morgan fingerprint density at radius 2 is 2.24 bits per heavy atom. The molecular weight excluding hydrogens is 275 g/mol. The highest BCUT2D eigenvalue weighted by atomic mass is 19.1. The van der Waals surface area contributed by atoms with Crippen LogP contribution in [0.3, 0.4) is 0 Å². The highest BCUT2D eigenvalue weighted by Gasteiger charge is 2.15. The molecule has 0 radical (unpaired) electrons. The Bertz CT molecular complexity index is 506. The number of oxime groups is 1. The topological polar surface area (TPSA) is 90.9 Å². The van der Waals surface area contributed by atoms with Gasteiger partial charge in [-0.05, 0) is 24.1 Å². The zero-order chi connectivity index (χ0) is 15.8. The van der Waals surface area contributed by atoms with Crippen molar-refractivity contribution in [2.75, 3.05) is 18.4 Å². The molecule has 0 fully saturated rings. The van der Waals surface area contributed by atoms with Crippen molar-refractivity contribution in [3.8, 4) is 0 Å². The molecule has 7 heteroatoms. The summed E-state index contributed by atoms with van der Waals surface area (Å²) in [5, 5.41) is 14.1. The average molecular weight is 296 g/mol. The van der Waals surface area contributed by atoms with Gasteiger partial charge in [-0.25, -0.2) is 9.18 Å². The lowest BCUT2D eigenvalue weighted by molar-refractivity contribution is 0.206. The lowest BCUT2D eigenvalue weighted by Gasteiger charge is -2.24. The Labute approximate surface area is 123 Å². The number of anilines is 1. The number of hydrogen-bond acceptors (Lipinski definition) is 3. The molecule has 0 spiro atoms. The molecule has 0 unspecified atom stereocenters. The summed E-state index contributed by atoms with van der Waals surface area (Å²) in [6.07, 6.45) is 0.264. The normalized spacial score (nSPS) is 11.5. The van der Waals surface area contributed by atoms with Crippen molar-refractivity contribution in [3.63, 3.8) is 0 Å². The number of rotatable bonds is 6. The van der Waals surface area contributed by atoms with Crippen molar-refractivity contribution < 1.29 is 14.4 Å². The number of nitrogens with two attached hydrogens (primary N) is 1. The molecule has 21 heavy (non-hydrogen) atoms. The van der Waals surface area contributed by atoms with Crippen LogP contribution in [0, 0.1) is 11.7 Å². The van der Waals surface area contributed by atoms with E-state index in [0.717, 1.165) is 0 Å². The van der Waals surface area contributed by atoms with Crippen LogP contribution in [0.2, 0.25) is 0 Å². The number of carbonyl (C=O) groups is 1. The Balaban J connectivity index is 2.70. The van der Waals surface area contributed by atoms with Crippen LogP contribution in [0.25, 0.3) is 0 Å². The summed E-state index contributed by atoms with van der Waals surface area (Å²) >= 11 is 0. The molecule has 6 nitrogen and oxygen atoms in total. The van der Waals surface area contributed by atoms with Gasteiger partial charge < -0.3 is 21.2 Å². The summed E-state index contributed by atoms with van der Waals surface area (Å²) in [7, 11) is 0. The summed E-state index contributed by atoms with van der Waals surface area (Å²) in [6, 6.07) is 5.33. The lowest BCUT2D eigenvalue weighted by atomic mass is 10.2. The Hall–Kier alpha value is -2.31. The number of benzene rings is 1. The largest absolute Gasteiger partial charge is 0.409 e. The highest BCUT2D eigenvalue weighted by Crippen LogP contribution is 2.11. The fourth-order valence-corrected chi connectivity index (χ4v) is 1.78. The molecule has 0 aromatic heterocycles. The van der Waals surface area contributed by atoms with Crippen LogP contribution in [-0.4, -0.2) is 35.1 Å². The van der Waals surface area contributed by atoms with Gasteiger partial charge in [-0.1, -0.05) is 25.1 Å². The molecule has 0 saturated heterocycles. The summed E-state index contributed by atoms with van der Waals surface area (Å²) in [4.78, 5) is 13.8. The summed E-state index contributed by atoms with van der Waals surface area (Å²) < 4.78 is 13.1. The van der Waals surface area contributed by atoms with E-state index < -0.39 is 5.82 Å². The summed E-state index contributed by atoms with van der Waals surface area (Å²) in [5.41, 5.74) is 5.80. The highest BCUT2D eigenvalue weighted by molar-refractivity contribution is 5.89. The minimum Gasteiger partial charge on any atom is -0.409 e. The molecule has 0 aliphatic rings. The Kier molecular flexibility index (Phi) is 6.45. The SMILES string of the molecule is CC(C)CN(CCC(N)=NO)C(=O)Nc1cccc(F)c1. The van der Waals surface area contributed by atoms with Crippen molar-refractivity contribution in [1.29, 1.82) is 0 Å².